The quantitative estimate of drug-likeness (QED) is 0.717. The smallest absolute Gasteiger partial charge is 0.153 e. The van der Waals surface area contributed by atoms with Gasteiger partial charge in [0.15, 0.2) is 5.82 Å². The number of rotatable bonds is 1. The number of benzene rings is 1. The first kappa shape index (κ1) is 9.21. The van der Waals surface area contributed by atoms with E-state index >= 15 is 0 Å². The molecule has 0 saturated heterocycles. The van der Waals surface area contributed by atoms with Gasteiger partial charge >= 0.3 is 0 Å². The van der Waals surface area contributed by atoms with Crippen molar-refractivity contribution < 1.29 is 9.50 Å². The Labute approximate surface area is 81.4 Å². The van der Waals surface area contributed by atoms with Crippen molar-refractivity contribution in [2.24, 2.45) is 0 Å². The lowest BCUT2D eigenvalue weighted by molar-refractivity contribution is 0.0748. The number of aromatic amines is 1. The molecule has 3 heteroatoms. The van der Waals surface area contributed by atoms with E-state index in [4.69, 9.17) is 0 Å². The molecule has 2 aromatic rings. The first-order valence-electron chi connectivity index (χ1n) is 4.48. The molecule has 0 amide bonds. The van der Waals surface area contributed by atoms with Crippen molar-refractivity contribution in [3.05, 3.63) is 35.8 Å². The second kappa shape index (κ2) is 2.82. The van der Waals surface area contributed by atoms with Gasteiger partial charge in [0.05, 0.1) is 11.1 Å². The summed E-state index contributed by atoms with van der Waals surface area (Å²) < 4.78 is 13.8. The van der Waals surface area contributed by atoms with Crippen molar-refractivity contribution in [2.45, 2.75) is 19.4 Å². The molecule has 0 saturated carbocycles. The van der Waals surface area contributed by atoms with Crippen LogP contribution in [0.3, 0.4) is 0 Å². The average Bonchev–Trinajstić information content (AvgIpc) is 2.50. The molecule has 0 aliphatic rings. The summed E-state index contributed by atoms with van der Waals surface area (Å²) in [6.07, 6.45) is 1.68. The molecule has 2 N–H and O–H groups in total. The number of hydrogen-bond acceptors (Lipinski definition) is 1. The fourth-order valence-electron chi connectivity index (χ4n) is 1.56. The summed E-state index contributed by atoms with van der Waals surface area (Å²) in [5.41, 5.74) is -0.388. The summed E-state index contributed by atoms with van der Waals surface area (Å²) in [5.74, 6) is -0.375. The Morgan fingerprint density at radius 1 is 1.29 bits per heavy atom. The Bertz CT molecular complexity index is 468. The first-order valence-corrected chi connectivity index (χ1v) is 4.48. The third-order valence-corrected chi connectivity index (χ3v) is 2.32. The second-order valence-electron chi connectivity index (χ2n) is 3.93. The van der Waals surface area contributed by atoms with Crippen LogP contribution in [0.15, 0.2) is 24.4 Å². The van der Waals surface area contributed by atoms with Gasteiger partial charge < -0.3 is 10.1 Å². The Kier molecular flexibility index (Phi) is 1.86. The van der Waals surface area contributed by atoms with E-state index in [1.165, 1.54) is 0 Å². The summed E-state index contributed by atoms with van der Waals surface area (Å²) in [4.78, 5) is 2.81. The minimum Gasteiger partial charge on any atom is -0.386 e. The Balaban J connectivity index is 2.74. The van der Waals surface area contributed by atoms with Crippen LogP contribution in [-0.2, 0) is 5.60 Å². The topological polar surface area (TPSA) is 36.0 Å². The highest BCUT2D eigenvalue weighted by Crippen LogP contribution is 2.27. The molecule has 74 valence electrons. The normalized spacial score (nSPS) is 12.3. The average molecular weight is 193 g/mol. The van der Waals surface area contributed by atoms with Crippen molar-refractivity contribution >= 4 is 10.9 Å². The lowest BCUT2D eigenvalue weighted by Gasteiger charge is -2.18. The highest BCUT2D eigenvalue weighted by molar-refractivity contribution is 5.80. The Morgan fingerprint density at radius 3 is 2.64 bits per heavy atom. The lowest BCUT2D eigenvalue weighted by Crippen LogP contribution is -2.17. The summed E-state index contributed by atoms with van der Waals surface area (Å²) in [7, 11) is 0. The van der Waals surface area contributed by atoms with E-state index in [0.29, 0.717) is 11.1 Å². The number of H-pyrrole nitrogens is 1. The predicted molar refractivity (Wildman–Crippen MR) is 53.5 cm³/mol. The van der Waals surface area contributed by atoms with Gasteiger partial charge in [0, 0.05) is 17.1 Å². The molecule has 1 aromatic carbocycles. The number of aliphatic hydroxyl groups is 1. The van der Waals surface area contributed by atoms with Gasteiger partial charge in [0.2, 0.25) is 0 Å². The minimum atomic E-state index is -1.15. The molecule has 1 aromatic heterocycles. The molecule has 14 heavy (non-hydrogen) atoms. The maximum atomic E-state index is 13.8. The minimum absolute atomic E-state index is 0.312. The van der Waals surface area contributed by atoms with E-state index in [0.717, 1.165) is 5.39 Å². The molecule has 0 fully saturated rings. The van der Waals surface area contributed by atoms with Crippen LogP contribution in [0.25, 0.3) is 10.9 Å². The molecule has 0 atom stereocenters. The lowest BCUT2D eigenvalue weighted by atomic mass is 9.97. The largest absolute Gasteiger partial charge is 0.386 e. The number of aromatic nitrogens is 1. The van der Waals surface area contributed by atoms with Gasteiger partial charge in [0.25, 0.3) is 0 Å². The van der Waals surface area contributed by atoms with Crippen LogP contribution in [0.2, 0.25) is 0 Å². The maximum absolute atomic E-state index is 13.8. The van der Waals surface area contributed by atoms with E-state index in [-0.39, 0.29) is 5.82 Å². The zero-order valence-electron chi connectivity index (χ0n) is 8.13. The monoisotopic (exact) mass is 193 g/mol. The molecule has 0 spiro atoms. The summed E-state index contributed by atoms with van der Waals surface area (Å²) in [6, 6.07) is 5.21. The van der Waals surface area contributed by atoms with E-state index < -0.39 is 5.60 Å². The molecule has 0 bridgehead atoms. The van der Waals surface area contributed by atoms with Crippen molar-refractivity contribution in [1.82, 2.24) is 4.98 Å². The zero-order valence-corrected chi connectivity index (χ0v) is 8.13. The van der Waals surface area contributed by atoms with Gasteiger partial charge in [-0.15, -0.1) is 0 Å². The van der Waals surface area contributed by atoms with Gasteiger partial charge in [-0.3, -0.25) is 0 Å². The van der Waals surface area contributed by atoms with Crippen molar-refractivity contribution in [3.8, 4) is 0 Å². The third-order valence-electron chi connectivity index (χ3n) is 2.32. The zero-order chi connectivity index (χ0) is 10.3. The van der Waals surface area contributed by atoms with Crippen LogP contribution in [-0.4, -0.2) is 10.1 Å². The summed E-state index contributed by atoms with van der Waals surface area (Å²) in [5, 5.41) is 10.5. The number of fused-ring (bicyclic) bond motifs is 1. The molecular weight excluding hydrogens is 181 g/mol. The van der Waals surface area contributed by atoms with Crippen LogP contribution in [0.4, 0.5) is 4.39 Å². The maximum Gasteiger partial charge on any atom is 0.153 e. The molecule has 0 radical (unpaired) electrons. The molecule has 0 unspecified atom stereocenters. The molecule has 0 aliphatic carbocycles. The number of nitrogens with one attached hydrogen (secondary N) is 1. The highest BCUT2D eigenvalue weighted by Gasteiger charge is 2.22. The van der Waals surface area contributed by atoms with Crippen LogP contribution in [0.5, 0.6) is 0 Å². The molecular formula is C11H12FNO. The van der Waals surface area contributed by atoms with Crippen molar-refractivity contribution in [3.63, 3.8) is 0 Å². The first-order chi connectivity index (χ1) is 6.50. The Hall–Kier alpha value is -1.35. The summed E-state index contributed by atoms with van der Waals surface area (Å²) in [6.45, 7) is 3.14. The molecule has 2 nitrogen and oxygen atoms in total. The molecule has 1 heterocycles. The van der Waals surface area contributed by atoms with Gasteiger partial charge in [-0.25, -0.2) is 4.39 Å². The van der Waals surface area contributed by atoms with Crippen LogP contribution >= 0.6 is 0 Å². The highest BCUT2D eigenvalue weighted by atomic mass is 19.1. The van der Waals surface area contributed by atoms with Crippen LogP contribution in [0, 0.1) is 5.82 Å². The van der Waals surface area contributed by atoms with Gasteiger partial charge in [-0.2, -0.15) is 0 Å². The third kappa shape index (κ3) is 1.30. The second-order valence-corrected chi connectivity index (χ2v) is 3.93. The fraction of sp³-hybridized carbons (Fsp3) is 0.273. The standard InChI is InChI=1S/C11H12FNO/c1-11(2,14)8-4-3-7-5-6-13-10(7)9(8)12/h3-6,13-14H,1-2H3. The van der Waals surface area contributed by atoms with E-state index in [2.05, 4.69) is 4.98 Å². The van der Waals surface area contributed by atoms with Crippen LogP contribution in [0.1, 0.15) is 19.4 Å². The van der Waals surface area contributed by atoms with E-state index in [1.54, 1.807) is 38.2 Å². The number of hydrogen-bond donors (Lipinski definition) is 2. The van der Waals surface area contributed by atoms with Gasteiger partial charge in [-0.1, -0.05) is 12.1 Å². The summed E-state index contributed by atoms with van der Waals surface area (Å²) >= 11 is 0. The van der Waals surface area contributed by atoms with Crippen molar-refractivity contribution in [2.75, 3.05) is 0 Å². The van der Waals surface area contributed by atoms with Crippen LogP contribution < -0.4 is 0 Å². The number of halogens is 1. The fourth-order valence-corrected chi connectivity index (χ4v) is 1.56. The SMILES string of the molecule is CC(C)(O)c1ccc2cc[nH]c2c1F. The van der Waals surface area contributed by atoms with Gasteiger partial charge in [-0.05, 0) is 19.9 Å². The van der Waals surface area contributed by atoms with E-state index in [9.17, 15) is 9.50 Å². The predicted octanol–water partition coefficient (Wildman–Crippen LogP) is 2.53. The van der Waals surface area contributed by atoms with Gasteiger partial charge in [0.1, 0.15) is 0 Å². The molecule has 2 rings (SSSR count). The van der Waals surface area contributed by atoms with E-state index in [1.807, 2.05) is 0 Å². The Morgan fingerprint density at radius 2 is 2.00 bits per heavy atom. The van der Waals surface area contributed by atoms with Crippen molar-refractivity contribution in [1.29, 1.82) is 0 Å². The molecule has 0 aliphatic heterocycles.